The van der Waals surface area contributed by atoms with E-state index in [-0.39, 0.29) is 11.8 Å². The van der Waals surface area contributed by atoms with E-state index in [2.05, 4.69) is 5.43 Å². The van der Waals surface area contributed by atoms with Crippen LogP contribution in [-0.4, -0.2) is 43.0 Å². The summed E-state index contributed by atoms with van der Waals surface area (Å²) in [7, 11) is 3.08. The Kier molecular flexibility index (Phi) is 5.97. The fraction of sp³-hybridized carbons (Fsp3) is 0.250. The Labute approximate surface area is 209 Å². The average Bonchev–Trinajstić information content (AvgIpc) is 3.40. The minimum Gasteiger partial charge on any atom is -0.497 e. The molecule has 5 rings (SSSR count). The van der Waals surface area contributed by atoms with E-state index in [0.717, 1.165) is 11.1 Å². The number of hydrogen-bond donors (Lipinski definition) is 1. The molecule has 3 atom stereocenters. The Morgan fingerprint density at radius 2 is 1.47 bits per heavy atom. The van der Waals surface area contributed by atoms with E-state index in [1.807, 2.05) is 38.1 Å². The Morgan fingerprint density at radius 1 is 0.833 bits per heavy atom. The van der Waals surface area contributed by atoms with Gasteiger partial charge in [0.25, 0.3) is 11.8 Å². The maximum Gasteiger partial charge on any atom is 0.268 e. The fourth-order valence-corrected chi connectivity index (χ4v) is 4.89. The maximum atomic E-state index is 13.8. The van der Waals surface area contributed by atoms with Crippen LogP contribution in [0.2, 0.25) is 0 Å². The lowest BCUT2D eigenvalue weighted by molar-refractivity contribution is -0.123. The molecule has 0 aromatic heterocycles. The summed E-state index contributed by atoms with van der Waals surface area (Å²) in [5, 5.41) is 1.30. The van der Waals surface area contributed by atoms with Crippen LogP contribution in [0.3, 0.4) is 0 Å². The highest BCUT2D eigenvalue weighted by Gasteiger charge is 2.60. The number of methoxy groups -OCH3 is 2. The van der Waals surface area contributed by atoms with Crippen molar-refractivity contribution in [1.29, 1.82) is 0 Å². The molecule has 0 saturated carbocycles. The minimum absolute atomic E-state index is 0.372. The molecule has 184 valence electrons. The number of ether oxygens (including phenoxy) is 2. The van der Waals surface area contributed by atoms with Gasteiger partial charge < -0.3 is 9.47 Å². The number of nitrogens with zero attached hydrogens (tertiary/aromatic N) is 2. The smallest absolute Gasteiger partial charge is 0.268 e. The molecule has 36 heavy (non-hydrogen) atoms. The quantitative estimate of drug-likeness (QED) is 0.556. The van der Waals surface area contributed by atoms with Gasteiger partial charge in [-0.1, -0.05) is 35.4 Å². The van der Waals surface area contributed by atoms with Crippen molar-refractivity contribution < 1.29 is 23.9 Å². The summed E-state index contributed by atoms with van der Waals surface area (Å²) in [5.74, 6) is -0.959. The summed E-state index contributed by atoms with van der Waals surface area (Å²) in [4.78, 5) is 42.3. The Hall–Kier alpha value is -4.17. The highest BCUT2D eigenvalue weighted by molar-refractivity contribution is 6.25. The van der Waals surface area contributed by atoms with Gasteiger partial charge in [-0.25, -0.2) is 10.3 Å². The van der Waals surface area contributed by atoms with E-state index in [9.17, 15) is 14.4 Å². The van der Waals surface area contributed by atoms with Crippen molar-refractivity contribution in [3.05, 3.63) is 89.0 Å². The second kappa shape index (κ2) is 9.13. The first-order chi connectivity index (χ1) is 17.3. The van der Waals surface area contributed by atoms with Crippen LogP contribution >= 0.6 is 0 Å². The summed E-state index contributed by atoms with van der Waals surface area (Å²) < 4.78 is 10.9. The van der Waals surface area contributed by atoms with E-state index in [4.69, 9.17) is 9.47 Å². The van der Waals surface area contributed by atoms with Gasteiger partial charge in [0.15, 0.2) is 0 Å². The van der Waals surface area contributed by atoms with Gasteiger partial charge in [-0.2, -0.15) is 0 Å². The summed E-state index contributed by atoms with van der Waals surface area (Å²) >= 11 is 0. The lowest BCUT2D eigenvalue weighted by Gasteiger charge is -2.26. The first kappa shape index (κ1) is 23.6. The zero-order valence-corrected chi connectivity index (χ0v) is 20.5. The molecule has 2 saturated heterocycles. The predicted molar refractivity (Wildman–Crippen MR) is 134 cm³/mol. The number of amides is 3. The fourth-order valence-electron chi connectivity index (χ4n) is 4.89. The molecule has 3 aromatic rings. The number of anilines is 1. The van der Waals surface area contributed by atoms with Crippen LogP contribution in [0.15, 0.2) is 66.7 Å². The van der Waals surface area contributed by atoms with Gasteiger partial charge in [-0.15, -0.1) is 0 Å². The van der Waals surface area contributed by atoms with E-state index in [1.165, 1.54) is 17.0 Å². The molecular weight excluding hydrogens is 458 g/mol. The third-order valence-electron chi connectivity index (χ3n) is 6.82. The Morgan fingerprint density at radius 3 is 2.08 bits per heavy atom. The van der Waals surface area contributed by atoms with E-state index >= 15 is 0 Å². The van der Waals surface area contributed by atoms with Crippen LogP contribution in [0.1, 0.15) is 33.1 Å². The third kappa shape index (κ3) is 3.79. The third-order valence-corrected chi connectivity index (χ3v) is 6.82. The van der Waals surface area contributed by atoms with Crippen LogP contribution in [0.4, 0.5) is 5.69 Å². The average molecular weight is 486 g/mol. The van der Waals surface area contributed by atoms with E-state index in [0.29, 0.717) is 28.3 Å². The van der Waals surface area contributed by atoms with Gasteiger partial charge >= 0.3 is 0 Å². The highest BCUT2D eigenvalue weighted by atomic mass is 16.5. The summed E-state index contributed by atoms with van der Waals surface area (Å²) in [6.07, 6.45) is 0. The molecule has 3 aromatic carbocycles. The number of hydrazine groups is 1. The molecule has 8 heteroatoms. The lowest BCUT2D eigenvalue weighted by atomic mass is 9.90. The number of carbonyl (C=O) groups excluding carboxylic acids is 3. The summed E-state index contributed by atoms with van der Waals surface area (Å²) in [5.41, 5.74) is 6.74. The lowest BCUT2D eigenvalue weighted by Crippen LogP contribution is -2.48. The number of fused-ring (bicyclic) bond motifs is 1. The van der Waals surface area contributed by atoms with Crippen molar-refractivity contribution in [1.82, 2.24) is 10.4 Å². The Bertz CT molecular complexity index is 1340. The summed E-state index contributed by atoms with van der Waals surface area (Å²) in [6.45, 7) is 3.87. The van der Waals surface area contributed by atoms with Crippen molar-refractivity contribution >= 4 is 23.4 Å². The molecule has 3 unspecified atom stereocenters. The number of benzene rings is 3. The normalized spacial score (nSPS) is 21.1. The standard InChI is InChI=1S/C28H27N3O5/c1-16-5-9-18(10-6-16)26(32)31-25-23(24(29-31)21-14-13-20(35-3)15-22(21)36-4)27(33)30(28(25)34)19-11-7-17(2)8-12-19/h5-15,23-25,29H,1-4H3. The van der Waals surface area contributed by atoms with Crippen LogP contribution in [0.5, 0.6) is 11.5 Å². The molecule has 8 nitrogen and oxygen atoms in total. The van der Waals surface area contributed by atoms with Crippen molar-refractivity contribution in [2.24, 2.45) is 5.92 Å². The first-order valence-electron chi connectivity index (χ1n) is 11.7. The number of nitrogens with one attached hydrogen (secondary N) is 1. The van der Waals surface area contributed by atoms with Crippen LogP contribution in [0, 0.1) is 19.8 Å². The monoisotopic (exact) mass is 485 g/mol. The van der Waals surface area contributed by atoms with Crippen LogP contribution in [0.25, 0.3) is 0 Å². The van der Waals surface area contributed by atoms with Gasteiger partial charge in [0, 0.05) is 17.2 Å². The van der Waals surface area contributed by atoms with Gasteiger partial charge in [0.1, 0.15) is 17.5 Å². The van der Waals surface area contributed by atoms with Crippen molar-refractivity contribution in [3.8, 4) is 11.5 Å². The molecule has 0 bridgehead atoms. The minimum atomic E-state index is -1.01. The molecule has 0 spiro atoms. The molecule has 2 heterocycles. The second-order valence-electron chi connectivity index (χ2n) is 9.07. The SMILES string of the molecule is COc1ccc(C2NN(C(=O)c3ccc(C)cc3)C3C(=O)N(c4ccc(C)cc4)C(=O)C23)c(OC)c1. The maximum absolute atomic E-state index is 13.8. The largest absolute Gasteiger partial charge is 0.497 e. The molecule has 2 aliphatic heterocycles. The van der Waals surface area contributed by atoms with Crippen molar-refractivity contribution in [3.63, 3.8) is 0 Å². The van der Waals surface area contributed by atoms with Gasteiger partial charge in [0.2, 0.25) is 5.91 Å². The zero-order valence-electron chi connectivity index (χ0n) is 20.5. The predicted octanol–water partition coefficient (Wildman–Crippen LogP) is 3.58. The topological polar surface area (TPSA) is 88.2 Å². The van der Waals surface area contributed by atoms with E-state index < -0.39 is 23.9 Å². The number of rotatable bonds is 5. The molecule has 3 amide bonds. The second-order valence-corrected chi connectivity index (χ2v) is 9.07. The molecule has 0 aliphatic carbocycles. The zero-order chi connectivity index (χ0) is 25.6. The van der Waals surface area contributed by atoms with Crippen LogP contribution < -0.4 is 19.8 Å². The number of hydrogen-bond acceptors (Lipinski definition) is 6. The number of carbonyl (C=O) groups is 3. The van der Waals surface area contributed by atoms with Gasteiger partial charge in [-0.3, -0.25) is 19.4 Å². The first-order valence-corrected chi connectivity index (χ1v) is 11.7. The number of imide groups is 1. The molecular formula is C28H27N3O5. The van der Waals surface area contributed by atoms with Crippen LogP contribution in [-0.2, 0) is 9.59 Å². The molecule has 0 radical (unpaired) electrons. The highest BCUT2D eigenvalue weighted by Crippen LogP contribution is 2.45. The molecule has 2 fully saturated rings. The van der Waals surface area contributed by atoms with Gasteiger partial charge in [-0.05, 0) is 50.2 Å². The molecule has 1 N–H and O–H groups in total. The van der Waals surface area contributed by atoms with Crippen molar-refractivity contribution in [2.45, 2.75) is 25.9 Å². The van der Waals surface area contributed by atoms with Crippen molar-refractivity contribution in [2.75, 3.05) is 19.1 Å². The van der Waals surface area contributed by atoms with E-state index in [1.54, 1.807) is 49.6 Å². The molecule has 2 aliphatic rings. The van der Waals surface area contributed by atoms with Gasteiger partial charge in [0.05, 0.1) is 31.9 Å². The Balaban J connectivity index is 1.60. The number of aryl methyl sites for hydroxylation is 2. The summed E-state index contributed by atoms with van der Waals surface area (Å²) in [6, 6.07) is 17.9.